The van der Waals surface area contributed by atoms with Crippen molar-refractivity contribution in [3.63, 3.8) is 0 Å². The molecule has 0 fully saturated rings. The monoisotopic (exact) mass is 300 g/mol. The Labute approximate surface area is 121 Å². The topological polar surface area (TPSA) is 66.8 Å². The van der Waals surface area contributed by atoms with Crippen LogP contribution in [0.4, 0.5) is 0 Å². The highest BCUT2D eigenvalue weighted by Gasteiger charge is 2.23. The Morgan fingerprint density at radius 2 is 1.60 bits per heavy atom. The summed E-state index contributed by atoms with van der Waals surface area (Å²) < 4.78 is 18.3. The molecule has 1 rings (SSSR count). The highest BCUT2D eigenvalue weighted by Crippen LogP contribution is 2.48. The van der Waals surface area contributed by atoms with Gasteiger partial charge in [0.2, 0.25) is 7.37 Å². The quantitative estimate of drug-likeness (QED) is 0.652. The minimum atomic E-state index is -2.82. The molecule has 1 aromatic carbocycles. The average molecular weight is 300 g/mol. The summed E-state index contributed by atoms with van der Waals surface area (Å²) in [6.07, 6.45) is 3.71. The fourth-order valence-corrected chi connectivity index (χ4v) is 4.18. The highest BCUT2D eigenvalue weighted by atomic mass is 31.2. The molecule has 5 heteroatoms. The average Bonchev–Trinajstić information content (AvgIpc) is 2.46. The molecule has 20 heavy (non-hydrogen) atoms. The van der Waals surface area contributed by atoms with Crippen LogP contribution in [0, 0.1) is 0 Å². The molecule has 4 nitrogen and oxygen atoms in total. The van der Waals surface area contributed by atoms with Crippen LogP contribution in [0.3, 0.4) is 0 Å². The molecule has 0 aliphatic carbocycles. The SMILES string of the molecule is CCCc1ccc(OP(=O)(CCCO)CCCO)cc1. The normalized spacial score (nSPS) is 11.6. The molecule has 0 saturated carbocycles. The van der Waals surface area contributed by atoms with Gasteiger partial charge in [0.05, 0.1) is 0 Å². The fraction of sp³-hybridized carbons (Fsp3) is 0.600. The molecule has 0 amide bonds. The summed E-state index contributed by atoms with van der Waals surface area (Å²) >= 11 is 0. The minimum Gasteiger partial charge on any atom is -0.443 e. The maximum absolute atomic E-state index is 12.7. The van der Waals surface area contributed by atoms with Gasteiger partial charge in [0.25, 0.3) is 0 Å². The molecule has 2 N–H and O–H groups in total. The summed E-state index contributed by atoms with van der Waals surface area (Å²) in [6.45, 7) is 2.13. The van der Waals surface area contributed by atoms with E-state index in [4.69, 9.17) is 14.7 Å². The molecule has 0 aliphatic heterocycles. The molecule has 0 radical (unpaired) electrons. The standard InChI is InChI=1S/C15H25O4P/c1-2-5-14-6-8-15(9-7-14)19-20(18,12-3-10-16)13-4-11-17/h6-9,16-17H,2-5,10-13H2,1H3. The summed E-state index contributed by atoms with van der Waals surface area (Å²) in [5, 5.41) is 17.8. The van der Waals surface area contributed by atoms with E-state index < -0.39 is 7.37 Å². The first kappa shape index (κ1) is 17.2. The van der Waals surface area contributed by atoms with Crippen molar-refractivity contribution < 1.29 is 19.3 Å². The smallest absolute Gasteiger partial charge is 0.248 e. The van der Waals surface area contributed by atoms with Crippen molar-refractivity contribution in [2.24, 2.45) is 0 Å². The van der Waals surface area contributed by atoms with Crippen LogP contribution in [0.25, 0.3) is 0 Å². The largest absolute Gasteiger partial charge is 0.443 e. The van der Waals surface area contributed by atoms with Crippen LogP contribution in [0.15, 0.2) is 24.3 Å². The van der Waals surface area contributed by atoms with Crippen LogP contribution in [0.1, 0.15) is 31.7 Å². The zero-order chi connectivity index (χ0) is 14.8. The minimum absolute atomic E-state index is 0.00190. The third-order valence-corrected chi connectivity index (χ3v) is 5.59. The van der Waals surface area contributed by atoms with Gasteiger partial charge in [0, 0.05) is 25.5 Å². The van der Waals surface area contributed by atoms with Crippen LogP contribution in [-0.2, 0) is 11.0 Å². The van der Waals surface area contributed by atoms with E-state index in [9.17, 15) is 4.57 Å². The molecule has 1 aromatic rings. The molecule has 114 valence electrons. The first-order valence-corrected chi connectivity index (χ1v) is 9.21. The van der Waals surface area contributed by atoms with E-state index in [2.05, 4.69) is 6.92 Å². The van der Waals surface area contributed by atoms with Crippen LogP contribution in [-0.4, -0.2) is 35.8 Å². The molecule has 0 saturated heterocycles. The second-order valence-corrected chi connectivity index (χ2v) is 7.61. The van der Waals surface area contributed by atoms with Gasteiger partial charge in [0.1, 0.15) is 5.75 Å². The van der Waals surface area contributed by atoms with Gasteiger partial charge in [-0.1, -0.05) is 25.5 Å². The molecular formula is C15H25O4P. The van der Waals surface area contributed by atoms with E-state index in [0.717, 1.165) is 12.8 Å². The van der Waals surface area contributed by atoms with Crippen molar-refractivity contribution in [3.05, 3.63) is 29.8 Å². The predicted molar refractivity (Wildman–Crippen MR) is 81.8 cm³/mol. The zero-order valence-electron chi connectivity index (χ0n) is 12.1. The Kier molecular flexibility index (Phi) is 7.90. The molecule has 0 aromatic heterocycles. The maximum Gasteiger partial charge on any atom is 0.248 e. The molecule has 0 spiro atoms. The summed E-state index contributed by atoms with van der Waals surface area (Å²) in [4.78, 5) is 0. The maximum atomic E-state index is 12.7. The third kappa shape index (κ3) is 6.08. The van der Waals surface area contributed by atoms with E-state index in [1.54, 1.807) is 0 Å². The van der Waals surface area contributed by atoms with Gasteiger partial charge < -0.3 is 14.7 Å². The number of aryl methyl sites for hydroxylation is 1. The van der Waals surface area contributed by atoms with Gasteiger partial charge in [-0.05, 0) is 37.0 Å². The Morgan fingerprint density at radius 1 is 1.05 bits per heavy atom. The van der Waals surface area contributed by atoms with E-state index in [1.165, 1.54) is 5.56 Å². The molecule has 0 bridgehead atoms. The number of hydrogen-bond donors (Lipinski definition) is 2. The van der Waals surface area contributed by atoms with E-state index >= 15 is 0 Å². The molecule has 0 unspecified atom stereocenters. The summed E-state index contributed by atoms with van der Waals surface area (Å²) in [5.74, 6) is 0.601. The summed E-state index contributed by atoms with van der Waals surface area (Å²) in [6, 6.07) is 7.66. The van der Waals surface area contributed by atoms with Crippen molar-refractivity contribution in [2.45, 2.75) is 32.6 Å². The second kappa shape index (κ2) is 9.17. The van der Waals surface area contributed by atoms with Crippen molar-refractivity contribution in [1.29, 1.82) is 0 Å². The molecule has 0 aliphatic rings. The van der Waals surface area contributed by atoms with Crippen LogP contribution >= 0.6 is 7.37 Å². The Bertz CT molecular complexity index is 404. The van der Waals surface area contributed by atoms with Gasteiger partial charge in [-0.2, -0.15) is 0 Å². The zero-order valence-corrected chi connectivity index (χ0v) is 13.0. The number of aliphatic hydroxyl groups excluding tert-OH is 2. The van der Waals surface area contributed by atoms with Crippen molar-refractivity contribution >= 4 is 7.37 Å². The predicted octanol–water partition coefficient (Wildman–Crippen LogP) is 3.06. The third-order valence-electron chi connectivity index (χ3n) is 3.05. The van der Waals surface area contributed by atoms with E-state index in [0.29, 0.717) is 30.9 Å². The number of aliphatic hydroxyl groups is 2. The first-order valence-electron chi connectivity index (χ1n) is 7.22. The Hall–Kier alpha value is -0.830. The molecule has 0 atom stereocenters. The van der Waals surface area contributed by atoms with Gasteiger partial charge in [0.15, 0.2) is 0 Å². The van der Waals surface area contributed by atoms with Crippen molar-refractivity contribution in [1.82, 2.24) is 0 Å². The summed E-state index contributed by atoms with van der Waals surface area (Å²) in [7, 11) is -2.82. The fourth-order valence-electron chi connectivity index (χ4n) is 2.02. The number of hydrogen-bond acceptors (Lipinski definition) is 4. The lowest BCUT2D eigenvalue weighted by Crippen LogP contribution is -2.05. The lowest BCUT2D eigenvalue weighted by Gasteiger charge is -2.19. The second-order valence-electron chi connectivity index (χ2n) is 4.90. The first-order chi connectivity index (χ1) is 9.63. The van der Waals surface area contributed by atoms with E-state index in [-0.39, 0.29) is 13.2 Å². The Morgan fingerprint density at radius 3 is 2.05 bits per heavy atom. The van der Waals surface area contributed by atoms with Crippen LogP contribution in [0.5, 0.6) is 5.75 Å². The van der Waals surface area contributed by atoms with E-state index in [1.807, 2.05) is 24.3 Å². The van der Waals surface area contributed by atoms with Gasteiger partial charge >= 0.3 is 0 Å². The van der Waals surface area contributed by atoms with Crippen LogP contribution in [0.2, 0.25) is 0 Å². The molecular weight excluding hydrogens is 275 g/mol. The molecule has 0 heterocycles. The van der Waals surface area contributed by atoms with Gasteiger partial charge in [-0.3, -0.25) is 4.57 Å². The summed E-state index contributed by atoms with van der Waals surface area (Å²) in [5.41, 5.74) is 1.24. The lowest BCUT2D eigenvalue weighted by atomic mass is 10.1. The van der Waals surface area contributed by atoms with Gasteiger partial charge in [-0.15, -0.1) is 0 Å². The highest BCUT2D eigenvalue weighted by molar-refractivity contribution is 7.59. The number of rotatable bonds is 10. The van der Waals surface area contributed by atoms with Crippen molar-refractivity contribution in [2.75, 3.05) is 25.5 Å². The number of benzene rings is 1. The van der Waals surface area contributed by atoms with Crippen LogP contribution < -0.4 is 4.52 Å². The van der Waals surface area contributed by atoms with Gasteiger partial charge in [-0.25, -0.2) is 0 Å². The lowest BCUT2D eigenvalue weighted by molar-refractivity contribution is 0.290. The van der Waals surface area contributed by atoms with Crippen molar-refractivity contribution in [3.8, 4) is 5.75 Å². The Balaban J connectivity index is 2.70.